The van der Waals surface area contributed by atoms with Gasteiger partial charge in [0.15, 0.2) is 29.1 Å². The molecule has 0 spiro atoms. The van der Waals surface area contributed by atoms with Gasteiger partial charge in [0.25, 0.3) is 0 Å². The molecular weight excluding hydrogens is 346 g/mol. The molecule has 6 heteroatoms. The first-order chi connectivity index (χ1) is 12.3. The highest BCUT2D eigenvalue weighted by Crippen LogP contribution is 2.28. The van der Waals surface area contributed by atoms with E-state index in [0.29, 0.717) is 22.3 Å². The van der Waals surface area contributed by atoms with Crippen LogP contribution in [0.3, 0.4) is 0 Å². The van der Waals surface area contributed by atoms with Crippen molar-refractivity contribution in [2.45, 2.75) is 18.9 Å². The van der Waals surface area contributed by atoms with E-state index < -0.39 is 23.3 Å². The van der Waals surface area contributed by atoms with Gasteiger partial charge in [-0.3, -0.25) is 4.79 Å². The molecular formula is C20H15F4NO. The average molecular weight is 361 g/mol. The van der Waals surface area contributed by atoms with Crippen molar-refractivity contribution >= 4 is 17.9 Å². The van der Waals surface area contributed by atoms with Gasteiger partial charge in [-0.05, 0) is 60.4 Å². The fourth-order valence-electron chi connectivity index (χ4n) is 2.88. The number of hydrogen-bond acceptors (Lipinski definition) is 2. The zero-order valence-corrected chi connectivity index (χ0v) is 13.6. The Balaban J connectivity index is 1.94. The van der Waals surface area contributed by atoms with Gasteiger partial charge >= 0.3 is 0 Å². The molecule has 0 bridgehead atoms. The number of halogens is 4. The highest BCUT2D eigenvalue weighted by molar-refractivity contribution is 6.14. The topological polar surface area (TPSA) is 43.1 Å². The monoisotopic (exact) mass is 361 g/mol. The highest BCUT2D eigenvalue weighted by Gasteiger charge is 2.25. The second-order valence-electron chi connectivity index (χ2n) is 6.18. The van der Waals surface area contributed by atoms with Gasteiger partial charge < -0.3 is 5.73 Å². The van der Waals surface area contributed by atoms with Crippen LogP contribution in [-0.4, -0.2) is 11.8 Å². The molecule has 2 N–H and O–H groups in total. The van der Waals surface area contributed by atoms with Crippen molar-refractivity contribution in [2.75, 3.05) is 0 Å². The molecule has 2 nitrogen and oxygen atoms in total. The first kappa shape index (κ1) is 18.1. The molecule has 0 aliphatic heterocycles. The molecule has 0 amide bonds. The lowest BCUT2D eigenvalue weighted by atomic mass is 9.84. The summed E-state index contributed by atoms with van der Waals surface area (Å²) in [5, 5.41) is 0. The summed E-state index contributed by atoms with van der Waals surface area (Å²) in [5.74, 6) is -4.27. The summed E-state index contributed by atoms with van der Waals surface area (Å²) < 4.78 is 52.8. The van der Waals surface area contributed by atoms with Gasteiger partial charge in [-0.2, -0.15) is 0 Å². The van der Waals surface area contributed by atoms with Crippen molar-refractivity contribution in [3.8, 4) is 0 Å². The quantitative estimate of drug-likeness (QED) is 0.636. The summed E-state index contributed by atoms with van der Waals surface area (Å²) in [6.45, 7) is 0. The number of hydrogen-bond donors (Lipinski definition) is 1. The number of carbonyl (C=O) groups excluding carboxylic acids is 1. The SMILES string of the molecule is NC1C/C(=C/c2ccc(F)c(F)c2)C(=O)/C(=C/c2ccc(F)c(F)c2)C1. The van der Waals surface area contributed by atoms with E-state index in [9.17, 15) is 22.4 Å². The average Bonchev–Trinajstić information content (AvgIpc) is 2.58. The van der Waals surface area contributed by atoms with Gasteiger partial charge in [0.05, 0.1) is 0 Å². The number of carbonyl (C=O) groups is 1. The van der Waals surface area contributed by atoms with Crippen molar-refractivity contribution < 1.29 is 22.4 Å². The van der Waals surface area contributed by atoms with Gasteiger partial charge in [0.2, 0.25) is 0 Å². The molecule has 1 aliphatic carbocycles. The van der Waals surface area contributed by atoms with Gasteiger partial charge in [0, 0.05) is 17.2 Å². The summed E-state index contributed by atoms with van der Waals surface area (Å²) in [6.07, 6.45) is 3.49. The predicted molar refractivity (Wildman–Crippen MR) is 90.9 cm³/mol. The largest absolute Gasteiger partial charge is 0.327 e. The number of rotatable bonds is 2. The van der Waals surface area contributed by atoms with Crippen LogP contribution in [0.15, 0.2) is 47.5 Å². The second kappa shape index (κ2) is 7.25. The van der Waals surface area contributed by atoms with Crippen LogP contribution in [0.25, 0.3) is 12.2 Å². The van der Waals surface area contributed by atoms with Gasteiger partial charge in [0.1, 0.15) is 0 Å². The maximum absolute atomic E-state index is 13.4. The second-order valence-corrected chi connectivity index (χ2v) is 6.18. The third kappa shape index (κ3) is 3.91. The normalized spacial score (nSPS) is 20.8. The molecule has 2 aromatic rings. The van der Waals surface area contributed by atoms with E-state index in [4.69, 9.17) is 5.73 Å². The van der Waals surface area contributed by atoms with E-state index in [-0.39, 0.29) is 24.7 Å². The minimum atomic E-state index is -1.01. The van der Waals surface area contributed by atoms with E-state index in [1.165, 1.54) is 24.3 Å². The van der Waals surface area contributed by atoms with Crippen LogP contribution in [0.2, 0.25) is 0 Å². The number of ketones is 1. The lowest BCUT2D eigenvalue weighted by Gasteiger charge is -2.22. The van der Waals surface area contributed by atoms with Gasteiger partial charge in [-0.25, -0.2) is 17.6 Å². The summed E-state index contributed by atoms with van der Waals surface area (Å²) in [5.41, 5.74) is 7.37. The molecule has 1 saturated carbocycles. The number of nitrogens with two attached hydrogens (primary N) is 1. The zero-order valence-electron chi connectivity index (χ0n) is 13.6. The van der Waals surface area contributed by atoms with Crippen molar-refractivity contribution in [3.05, 3.63) is 81.9 Å². The number of benzene rings is 2. The fourth-order valence-corrected chi connectivity index (χ4v) is 2.88. The van der Waals surface area contributed by atoms with E-state index in [1.807, 2.05) is 0 Å². The minimum Gasteiger partial charge on any atom is -0.327 e. The first-order valence-corrected chi connectivity index (χ1v) is 7.95. The van der Waals surface area contributed by atoms with Crippen LogP contribution in [0, 0.1) is 23.3 Å². The van der Waals surface area contributed by atoms with E-state index in [2.05, 4.69) is 0 Å². The minimum absolute atomic E-state index is 0.285. The molecule has 1 fully saturated rings. The summed E-state index contributed by atoms with van der Waals surface area (Å²) in [6, 6.07) is 6.32. The molecule has 1 aliphatic rings. The molecule has 0 heterocycles. The maximum atomic E-state index is 13.4. The smallest absolute Gasteiger partial charge is 0.185 e. The Kier molecular flexibility index (Phi) is 5.04. The molecule has 134 valence electrons. The maximum Gasteiger partial charge on any atom is 0.185 e. The Hall–Kier alpha value is -2.73. The summed E-state index contributed by atoms with van der Waals surface area (Å²) in [7, 11) is 0. The summed E-state index contributed by atoms with van der Waals surface area (Å²) in [4.78, 5) is 12.7. The highest BCUT2D eigenvalue weighted by atomic mass is 19.2. The van der Waals surface area contributed by atoms with Crippen molar-refractivity contribution in [3.63, 3.8) is 0 Å². The van der Waals surface area contributed by atoms with Crippen molar-refractivity contribution in [2.24, 2.45) is 5.73 Å². The molecule has 0 saturated heterocycles. The van der Waals surface area contributed by atoms with E-state index >= 15 is 0 Å². The number of Topliss-reactive ketones (excluding diaryl/α,β-unsaturated/α-hetero) is 1. The van der Waals surface area contributed by atoms with E-state index in [0.717, 1.165) is 24.3 Å². The Bertz CT molecular complexity index is 860. The first-order valence-electron chi connectivity index (χ1n) is 7.95. The third-order valence-corrected chi connectivity index (χ3v) is 4.12. The molecule has 0 radical (unpaired) electrons. The van der Waals surface area contributed by atoms with Crippen LogP contribution in [0.5, 0.6) is 0 Å². The van der Waals surface area contributed by atoms with Gasteiger partial charge in [-0.15, -0.1) is 0 Å². The van der Waals surface area contributed by atoms with Crippen molar-refractivity contribution in [1.29, 1.82) is 0 Å². The third-order valence-electron chi connectivity index (χ3n) is 4.12. The molecule has 0 aromatic heterocycles. The van der Waals surface area contributed by atoms with Crippen molar-refractivity contribution in [1.82, 2.24) is 0 Å². The fraction of sp³-hybridized carbons (Fsp3) is 0.150. The van der Waals surface area contributed by atoms with Crippen LogP contribution in [0.1, 0.15) is 24.0 Å². The standard InChI is InChI=1S/C20H15F4NO/c21-16-3-1-11(7-18(16)23)5-13-9-15(25)10-14(20(13)26)6-12-2-4-17(22)19(24)8-12/h1-8,15H,9-10,25H2/b13-5-,14-6+. The Morgan fingerprint density at radius 1 is 0.769 bits per heavy atom. The lowest BCUT2D eigenvalue weighted by Crippen LogP contribution is -2.30. The molecule has 26 heavy (non-hydrogen) atoms. The van der Waals surface area contributed by atoms with Gasteiger partial charge in [-0.1, -0.05) is 12.1 Å². The Morgan fingerprint density at radius 3 is 1.58 bits per heavy atom. The molecule has 3 rings (SSSR count). The van der Waals surface area contributed by atoms with E-state index in [1.54, 1.807) is 0 Å². The molecule has 1 atom stereocenters. The summed E-state index contributed by atoms with van der Waals surface area (Å²) >= 11 is 0. The van der Waals surface area contributed by atoms with Crippen LogP contribution in [-0.2, 0) is 4.79 Å². The molecule has 2 aromatic carbocycles. The lowest BCUT2D eigenvalue weighted by molar-refractivity contribution is -0.112. The predicted octanol–water partition coefficient (Wildman–Crippen LogP) is 4.40. The van der Waals surface area contributed by atoms with Crippen LogP contribution < -0.4 is 5.73 Å². The van der Waals surface area contributed by atoms with Crippen LogP contribution in [0.4, 0.5) is 17.6 Å². The zero-order chi connectivity index (χ0) is 18.8. The Morgan fingerprint density at radius 2 is 1.19 bits per heavy atom. The molecule has 1 unspecified atom stereocenters. The van der Waals surface area contributed by atoms with Crippen LogP contribution >= 0.6 is 0 Å². The Labute approximate surface area is 147 Å².